The first-order chi connectivity index (χ1) is 15.3. The molecule has 2 aromatic carbocycles. The molecule has 0 unspecified atom stereocenters. The van der Waals surface area contributed by atoms with E-state index < -0.39 is 21.8 Å². The summed E-state index contributed by atoms with van der Waals surface area (Å²) in [6.07, 6.45) is 0.115. The lowest BCUT2D eigenvalue weighted by molar-refractivity contribution is 0.0679. The molecular formula is C22H24ClFN4O4S. The molecule has 0 aliphatic heterocycles. The van der Waals surface area contributed by atoms with Gasteiger partial charge in [0.05, 0.1) is 15.6 Å². The Bertz CT molecular complexity index is 1330. The van der Waals surface area contributed by atoms with Crippen molar-refractivity contribution in [3.05, 3.63) is 58.1 Å². The van der Waals surface area contributed by atoms with Gasteiger partial charge < -0.3 is 9.67 Å². The van der Waals surface area contributed by atoms with E-state index in [2.05, 4.69) is 14.9 Å². The van der Waals surface area contributed by atoms with Crippen molar-refractivity contribution >= 4 is 33.3 Å². The number of aromatic carboxylic acids is 1. The third-order valence-corrected chi connectivity index (χ3v) is 6.89. The zero-order valence-electron chi connectivity index (χ0n) is 18.8. The van der Waals surface area contributed by atoms with Crippen molar-refractivity contribution in [3.63, 3.8) is 0 Å². The minimum absolute atomic E-state index is 0.0111. The number of hydrogen-bond donors (Lipinski definition) is 2. The molecular weight excluding hydrogens is 471 g/mol. The van der Waals surface area contributed by atoms with Crippen molar-refractivity contribution in [2.75, 3.05) is 4.72 Å². The summed E-state index contributed by atoms with van der Waals surface area (Å²) in [6.45, 7) is 7.68. The lowest BCUT2D eigenvalue weighted by atomic mass is 9.87. The number of carboxylic acids is 1. The predicted octanol–water partition coefficient (Wildman–Crippen LogP) is 4.63. The molecule has 0 aliphatic rings. The van der Waals surface area contributed by atoms with E-state index in [0.717, 1.165) is 5.56 Å². The molecule has 0 amide bonds. The molecule has 3 aromatic rings. The fourth-order valence-corrected chi connectivity index (χ4v) is 4.72. The Kier molecular flexibility index (Phi) is 6.54. The molecule has 0 saturated carbocycles. The van der Waals surface area contributed by atoms with Crippen LogP contribution in [0.5, 0.6) is 0 Å². The number of carboxylic acid groups (broad SMARTS) is 1. The Labute approximate surface area is 196 Å². The van der Waals surface area contributed by atoms with Crippen molar-refractivity contribution < 1.29 is 22.7 Å². The zero-order chi connectivity index (χ0) is 24.7. The largest absolute Gasteiger partial charge is 0.475 e. The molecule has 0 aliphatic carbocycles. The second-order valence-electron chi connectivity index (χ2n) is 8.52. The van der Waals surface area contributed by atoms with E-state index in [0.29, 0.717) is 0 Å². The van der Waals surface area contributed by atoms with Gasteiger partial charge in [0, 0.05) is 18.2 Å². The highest BCUT2D eigenvalue weighted by Gasteiger charge is 2.27. The van der Waals surface area contributed by atoms with Crippen LogP contribution in [-0.4, -0.2) is 34.3 Å². The van der Waals surface area contributed by atoms with Crippen molar-refractivity contribution in [2.45, 2.75) is 44.4 Å². The van der Waals surface area contributed by atoms with Gasteiger partial charge in [0.15, 0.2) is 5.82 Å². The first kappa shape index (κ1) is 24.7. The fraction of sp³-hybridized carbons (Fsp3) is 0.318. The normalized spacial score (nSPS) is 12.1. The predicted molar refractivity (Wildman–Crippen MR) is 124 cm³/mol. The van der Waals surface area contributed by atoms with Crippen LogP contribution in [0, 0.1) is 5.82 Å². The van der Waals surface area contributed by atoms with Gasteiger partial charge in [-0.25, -0.2) is 17.6 Å². The molecule has 33 heavy (non-hydrogen) atoms. The molecule has 1 aromatic heterocycles. The number of sulfonamides is 1. The average molecular weight is 495 g/mol. The number of rotatable bonds is 6. The summed E-state index contributed by atoms with van der Waals surface area (Å²) in [7, 11) is -2.72. The van der Waals surface area contributed by atoms with Crippen LogP contribution < -0.4 is 4.72 Å². The topological polar surface area (TPSA) is 114 Å². The minimum atomic E-state index is -4.12. The van der Waals surface area contributed by atoms with E-state index in [4.69, 9.17) is 11.6 Å². The Morgan fingerprint density at radius 2 is 1.82 bits per heavy atom. The summed E-state index contributed by atoms with van der Waals surface area (Å²) in [5.74, 6) is -2.44. The summed E-state index contributed by atoms with van der Waals surface area (Å²) < 4.78 is 44.9. The number of benzene rings is 2. The highest BCUT2D eigenvalue weighted by molar-refractivity contribution is 7.92. The van der Waals surface area contributed by atoms with Crippen LogP contribution in [0.25, 0.3) is 11.4 Å². The average Bonchev–Trinajstić information content (AvgIpc) is 3.11. The van der Waals surface area contributed by atoms with Crippen LogP contribution in [0.3, 0.4) is 0 Å². The summed E-state index contributed by atoms with van der Waals surface area (Å²) in [5, 5.41) is 16.5. The van der Waals surface area contributed by atoms with Gasteiger partial charge >= 0.3 is 5.97 Å². The SMILES string of the molecule is CCc1c(F)c(Cl)cc(-c2nnc(C(=O)O)n2C)c1NS(=O)(=O)c1ccc(C(C)(C)C)cc1. The van der Waals surface area contributed by atoms with E-state index >= 15 is 0 Å². The number of halogens is 2. The third kappa shape index (κ3) is 4.72. The maximum Gasteiger partial charge on any atom is 0.374 e. The molecule has 1 heterocycles. The molecule has 0 fully saturated rings. The van der Waals surface area contributed by atoms with E-state index in [1.54, 1.807) is 19.1 Å². The molecule has 8 nitrogen and oxygen atoms in total. The van der Waals surface area contributed by atoms with Crippen LogP contribution in [-0.2, 0) is 28.9 Å². The van der Waals surface area contributed by atoms with E-state index in [9.17, 15) is 22.7 Å². The van der Waals surface area contributed by atoms with Crippen molar-refractivity contribution in [3.8, 4) is 11.4 Å². The van der Waals surface area contributed by atoms with Gasteiger partial charge in [-0.2, -0.15) is 0 Å². The molecule has 0 saturated heterocycles. The molecule has 11 heteroatoms. The molecule has 176 valence electrons. The summed E-state index contributed by atoms with van der Waals surface area (Å²) >= 11 is 6.06. The second-order valence-corrected chi connectivity index (χ2v) is 10.6. The van der Waals surface area contributed by atoms with Gasteiger partial charge in [-0.1, -0.05) is 51.4 Å². The van der Waals surface area contributed by atoms with Gasteiger partial charge in [-0.05, 0) is 35.6 Å². The monoisotopic (exact) mass is 494 g/mol. The standard InChI is InChI=1S/C22H24ClFN4O4S/c1-6-14-17(24)16(23)11-15(19-25-26-20(21(29)30)28(19)5)18(14)27-33(31,32)13-9-7-12(8-10-13)22(2,3)4/h7-11,27H,6H2,1-5H3,(H,29,30). The summed E-state index contributed by atoms with van der Waals surface area (Å²) in [6, 6.07) is 7.60. The van der Waals surface area contributed by atoms with Gasteiger partial charge in [0.25, 0.3) is 10.0 Å². The third-order valence-electron chi connectivity index (χ3n) is 5.24. The summed E-state index contributed by atoms with van der Waals surface area (Å²) in [4.78, 5) is 11.4. The van der Waals surface area contributed by atoms with Crippen LogP contribution in [0.1, 0.15) is 49.4 Å². The van der Waals surface area contributed by atoms with Crippen LogP contribution >= 0.6 is 11.6 Å². The second kappa shape index (κ2) is 8.75. The maximum absolute atomic E-state index is 14.9. The fourth-order valence-electron chi connectivity index (χ4n) is 3.38. The van der Waals surface area contributed by atoms with Gasteiger partial charge in [-0.15, -0.1) is 10.2 Å². The first-order valence-corrected chi connectivity index (χ1v) is 11.9. The van der Waals surface area contributed by atoms with Crippen LogP contribution in [0.4, 0.5) is 10.1 Å². The number of nitrogens with zero attached hydrogens (tertiary/aromatic N) is 3. The Balaban J connectivity index is 2.18. The van der Waals surface area contributed by atoms with E-state index in [1.165, 1.54) is 29.8 Å². The van der Waals surface area contributed by atoms with Crippen molar-refractivity contribution in [1.82, 2.24) is 14.8 Å². The first-order valence-electron chi connectivity index (χ1n) is 10.0. The Morgan fingerprint density at radius 3 is 2.30 bits per heavy atom. The summed E-state index contributed by atoms with van der Waals surface area (Å²) in [5.41, 5.74) is 0.841. The maximum atomic E-state index is 14.9. The number of aromatic nitrogens is 3. The van der Waals surface area contributed by atoms with Crippen molar-refractivity contribution in [2.24, 2.45) is 7.05 Å². The van der Waals surface area contributed by atoms with E-state index in [1.807, 2.05) is 20.8 Å². The molecule has 0 radical (unpaired) electrons. The van der Waals surface area contributed by atoms with Gasteiger partial charge in [0.2, 0.25) is 5.82 Å². The molecule has 2 N–H and O–H groups in total. The smallest absolute Gasteiger partial charge is 0.374 e. The lowest BCUT2D eigenvalue weighted by Crippen LogP contribution is -2.17. The van der Waals surface area contributed by atoms with Crippen molar-refractivity contribution in [1.29, 1.82) is 0 Å². The van der Waals surface area contributed by atoms with E-state index in [-0.39, 0.29) is 50.2 Å². The Hall–Kier alpha value is -2.98. The number of nitrogens with one attached hydrogen (secondary N) is 1. The minimum Gasteiger partial charge on any atom is -0.475 e. The van der Waals surface area contributed by atoms with Gasteiger partial charge in [-0.3, -0.25) is 4.72 Å². The van der Waals surface area contributed by atoms with Gasteiger partial charge in [0.1, 0.15) is 5.82 Å². The Morgan fingerprint density at radius 1 is 1.21 bits per heavy atom. The molecule has 0 bridgehead atoms. The number of hydrogen-bond acceptors (Lipinski definition) is 5. The highest BCUT2D eigenvalue weighted by atomic mass is 35.5. The highest BCUT2D eigenvalue weighted by Crippen LogP contribution is 2.38. The quantitative estimate of drug-likeness (QED) is 0.516. The zero-order valence-corrected chi connectivity index (χ0v) is 20.3. The van der Waals surface area contributed by atoms with Crippen LogP contribution in [0.15, 0.2) is 35.2 Å². The number of anilines is 1. The molecule has 0 spiro atoms. The lowest BCUT2D eigenvalue weighted by Gasteiger charge is -2.20. The molecule has 3 rings (SSSR count). The molecule has 0 atom stereocenters. The number of carbonyl (C=O) groups is 1. The van der Waals surface area contributed by atoms with Crippen LogP contribution in [0.2, 0.25) is 5.02 Å².